The zero-order valence-electron chi connectivity index (χ0n) is 22.5. The average Bonchev–Trinajstić information content (AvgIpc) is 3.36. The maximum Gasteiger partial charge on any atom is 0.409 e. The Kier molecular flexibility index (Phi) is 8.20. The number of carbonyl (C=O) groups is 3. The minimum atomic E-state index is -0.815. The summed E-state index contributed by atoms with van der Waals surface area (Å²) in [5, 5.41) is 3.15. The van der Waals surface area contributed by atoms with Gasteiger partial charge in [-0.1, -0.05) is 69.2 Å². The van der Waals surface area contributed by atoms with Crippen molar-refractivity contribution in [3.63, 3.8) is 0 Å². The molecular formula is C30H39N3O4. The second-order valence-electron chi connectivity index (χ2n) is 10.7. The molecule has 7 nitrogen and oxygen atoms in total. The van der Waals surface area contributed by atoms with Crippen molar-refractivity contribution in [1.29, 1.82) is 0 Å². The van der Waals surface area contributed by atoms with Crippen LogP contribution in [0.25, 0.3) is 11.1 Å². The van der Waals surface area contributed by atoms with Crippen LogP contribution in [0.5, 0.6) is 0 Å². The Hall–Kier alpha value is -3.35. The fourth-order valence-electron chi connectivity index (χ4n) is 5.59. The standard InChI is InChI=1S/C30H39N3O4/c1-5-37-29(36)33(19-16-21(2)3)20-30(17-10-11-18-30)28(35)31-26-24-14-7-6-12-22(24)23-13-8-9-15-25(23)32(4)27(26)34/h6-9,12-15,21,26H,5,10-11,16-20H2,1-4H3,(H,31,35). The van der Waals surface area contributed by atoms with Crippen LogP contribution in [-0.2, 0) is 14.3 Å². The van der Waals surface area contributed by atoms with Crippen LogP contribution in [0.2, 0.25) is 0 Å². The van der Waals surface area contributed by atoms with Crippen molar-refractivity contribution < 1.29 is 19.1 Å². The smallest absolute Gasteiger partial charge is 0.409 e. The van der Waals surface area contributed by atoms with E-state index >= 15 is 0 Å². The lowest BCUT2D eigenvalue weighted by molar-refractivity contribution is -0.135. The molecule has 0 radical (unpaired) electrons. The molecule has 1 N–H and O–H groups in total. The van der Waals surface area contributed by atoms with Gasteiger partial charge >= 0.3 is 6.09 Å². The van der Waals surface area contributed by atoms with Crippen molar-refractivity contribution >= 4 is 23.6 Å². The van der Waals surface area contributed by atoms with Crippen molar-refractivity contribution in [1.82, 2.24) is 10.2 Å². The Labute approximate surface area is 220 Å². The summed E-state index contributed by atoms with van der Waals surface area (Å²) >= 11 is 0. The fraction of sp³-hybridized carbons (Fsp3) is 0.500. The number of rotatable bonds is 8. The number of hydrogen-bond donors (Lipinski definition) is 1. The summed E-state index contributed by atoms with van der Waals surface area (Å²) < 4.78 is 5.35. The van der Waals surface area contributed by atoms with Gasteiger partial charge in [0, 0.05) is 25.7 Å². The first-order chi connectivity index (χ1) is 17.8. The normalized spacial score (nSPS) is 18.1. The number of anilines is 1. The number of fused-ring (bicyclic) bond motifs is 3. The van der Waals surface area contributed by atoms with E-state index in [1.165, 1.54) is 0 Å². The molecule has 1 atom stereocenters. The third kappa shape index (κ3) is 5.50. The van der Waals surface area contributed by atoms with Crippen LogP contribution in [0.4, 0.5) is 10.5 Å². The summed E-state index contributed by atoms with van der Waals surface area (Å²) in [6, 6.07) is 14.8. The number of benzene rings is 2. The zero-order chi connectivity index (χ0) is 26.6. The Morgan fingerprint density at radius 3 is 2.41 bits per heavy atom. The minimum absolute atomic E-state index is 0.170. The summed E-state index contributed by atoms with van der Waals surface area (Å²) in [5.74, 6) is 0.0693. The van der Waals surface area contributed by atoms with Crippen LogP contribution in [-0.4, -0.2) is 49.6 Å². The van der Waals surface area contributed by atoms with E-state index in [9.17, 15) is 14.4 Å². The topological polar surface area (TPSA) is 79.0 Å². The molecule has 1 heterocycles. The van der Waals surface area contributed by atoms with Crippen molar-refractivity contribution in [2.75, 3.05) is 31.6 Å². The summed E-state index contributed by atoms with van der Waals surface area (Å²) in [6.45, 7) is 7.14. The van der Waals surface area contributed by atoms with E-state index in [0.717, 1.165) is 41.6 Å². The van der Waals surface area contributed by atoms with Crippen LogP contribution in [0.3, 0.4) is 0 Å². The number of ether oxygens (including phenoxy) is 1. The van der Waals surface area contributed by atoms with Crippen LogP contribution in [0.15, 0.2) is 48.5 Å². The second-order valence-corrected chi connectivity index (χ2v) is 10.7. The molecule has 2 aromatic rings. The molecule has 1 aliphatic heterocycles. The first-order valence-corrected chi connectivity index (χ1v) is 13.5. The molecule has 2 aromatic carbocycles. The number of nitrogens with one attached hydrogen (secondary N) is 1. The maximum atomic E-state index is 14.1. The van der Waals surface area contributed by atoms with E-state index in [0.29, 0.717) is 31.8 Å². The van der Waals surface area contributed by atoms with Gasteiger partial charge in [0.2, 0.25) is 5.91 Å². The molecule has 1 unspecified atom stereocenters. The molecule has 0 bridgehead atoms. The largest absolute Gasteiger partial charge is 0.450 e. The van der Waals surface area contributed by atoms with Gasteiger partial charge in [-0.3, -0.25) is 9.59 Å². The van der Waals surface area contributed by atoms with Gasteiger partial charge in [0.1, 0.15) is 6.04 Å². The number of hydrogen-bond acceptors (Lipinski definition) is 4. The van der Waals surface area contributed by atoms with Crippen LogP contribution < -0.4 is 10.2 Å². The average molecular weight is 506 g/mol. The van der Waals surface area contributed by atoms with Gasteiger partial charge in [0.05, 0.1) is 17.7 Å². The van der Waals surface area contributed by atoms with Gasteiger partial charge in [0.15, 0.2) is 0 Å². The van der Waals surface area contributed by atoms with Gasteiger partial charge in [-0.05, 0) is 49.3 Å². The van der Waals surface area contributed by atoms with E-state index in [1.54, 1.807) is 23.8 Å². The summed E-state index contributed by atoms with van der Waals surface area (Å²) in [7, 11) is 1.76. The highest BCUT2D eigenvalue weighted by molar-refractivity contribution is 6.06. The molecule has 1 saturated carbocycles. The number of carbonyl (C=O) groups excluding carboxylic acids is 3. The highest BCUT2D eigenvalue weighted by Crippen LogP contribution is 2.42. The predicted octanol–water partition coefficient (Wildman–Crippen LogP) is 5.55. The van der Waals surface area contributed by atoms with Crippen molar-refractivity contribution in [2.24, 2.45) is 11.3 Å². The first-order valence-electron chi connectivity index (χ1n) is 13.5. The maximum absolute atomic E-state index is 14.1. The van der Waals surface area contributed by atoms with Gasteiger partial charge < -0.3 is 19.9 Å². The van der Waals surface area contributed by atoms with Gasteiger partial charge in [-0.2, -0.15) is 0 Å². The van der Waals surface area contributed by atoms with Gasteiger partial charge in [-0.25, -0.2) is 4.79 Å². The molecule has 37 heavy (non-hydrogen) atoms. The highest BCUT2D eigenvalue weighted by atomic mass is 16.6. The lowest BCUT2D eigenvalue weighted by Gasteiger charge is -2.35. The monoisotopic (exact) mass is 505 g/mol. The zero-order valence-corrected chi connectivity index (χ0v) is 22.5. The van der Waals surface area contributed by atoms with Crippen molar-refractivity contribution in [3.05, 3.63) is 54.1 Å². The molecule has 1 fully saturated rings. The SMILES string of the molecule is CCOC(=O)N(CCC(C)C)CC1(C(=O)NC2C(=O)N(C)c3ccccc3-c3ccccc32)CCCC1. The van der Waals surface area contributed by atoms with Crippen molar-refractivity contribution in [2.45, 2.75) is 58.9 Å². The fourth-order valence-corrected chi connectivity index (χ4v) is 5.59. The summed E-state index contributed by atoms with van der Waals surface area (Å²) in [6.07, 6.45) is 3.62. The number of likely N-dealkylation sites (N-methyl/N-ethyl adjacent to an activating group) is 1. The minimum Gasteiger partial charge on any atom is -0.450 e. The molecule has 3 amide bonds. The Morgan fingerprint density at radius 2 is 1.73 bits per heavy atom. The Bertz CT molecular complexity index is 1140. The van der Waals surface area contributed by atoms with E-state index in [2.05, 4.69) is 19.2 Å². The molecule has 0 aromatic heterocycles. The Balaban J connectivity index is 1.65. The van der Waals surface area contributed by atoms with Crippen molar-refractivity contribution in [3.8, 4) is 11.1 Å². The van der Waals surface area contributed by atoms with Crippen LogP contribution in [0, 0.1) is 11.3 Å². The lowest BCUT2D eigenvalue weighted by Crippen LogP contribution is -2.51. The van der Waals surface area contributed by atoms with E-state index in [-0.39, 0.29) is 24.5 Å². The summed E-state index contributed by atoms with van der Waals surface area (Å²) in [5.41, 5.74) is 2.74. The molecular weight excluding hydrogens is 466 g/mol. The molecule has 1 aliphatic carbocycles. The number of nitrogens with zero attached hydrogens (tertiary/aromatic N) is 2. The molecule has 198 valence electrons. The third-order valence-corrected chi connectivity index (χ3v) is 7.72. The van der Waals surface area contributed by atoms with Crippen LogP contribution >= 0.6 is 0 Å². The first kappa shape index (κ1) is 26.7. The summed E-state index contributed by atoms with van der Waals surface area (Å²) in [4.78, 5) is 44.0. The van der Waals surface area contributed by atoms with E-state index < -0.39 is 11.5 Å². The third-order valence-electron chi connectivity index (χ3n) is 7.72. The molecule has 4 rings (SSSR count). The molecule has 0 saturated heterocycles. The molecule has 7 heteroatoms. The second kappa shape index (κ2) is 11.4. The van der Waals surface area contributed by atoms with Gasteiger partial charge in [0.25, 0.3) is 5.91 Å². The number of para-hydroxylation sites is 1. The highest BCUT2D eigenvalue weighted by Gasteiger charge is 2.45. The predicted molar refractivity (Wildman–Crippen MR) is 145 cm³/mol. The van der Waals surface area contributed by atoms with Gasteiger partial charge in [-0.15, -0.1) is 0 Å². The molecule has 0 spiro atoms. The quantitative estimate of drug-likeness (QED) is 0.510. The van der Waals surface area contributed by atoms with E-state index in [1.807, 2.05) is 48.5 Å². The van der Waals surface area contributed by atoms with Crippen LogP contribution in [0.1, 0.15) is 64.5 Å². The Morgan fingerprint density at radius 1 is 1.08 bits per heavy atom. The molecule has 2 aliphatic rings. The van der Waals surface area contributed by atoms with E-state index in [4.69, 9.17) is 4.74 Å². The number of amides is 3. The lowest BCUT2D eigenvalue weighted by atomic mass is 9.83.